The van der Waals surface area contributed by atoms with Crippen LogP contribution in [0.1, 0.15) is 20.3 Å². The Balaban J connectivity index is 1.97. The first kappa shape index (κ1) is 17.1. The van der Waals surface area contributed by atoms with Crippen LogP contribution in [0.4, 0.5) is 5.69 Å². The number of aromatic nitrogens is 3. The molecule has 0 fully saturated rings. The molecule has 0 atom stereocenters. The van der Waals surface area contributed by atoms with E-state index in [4.69, 9.17) is 4.74 Å². The number of ether oxygens (including phenoxy) is 1. The number of H-pyrrole nitrogens is 1. The van der Waals surface area contributed by atoms with Gasteiger partial charge in [-0.2, -0.15) is 0 Å². The van der Waals surface area contributed by atoms with Gasteiger partial charge < -0.3 is 10.1 Å². The van der Waals surface area contributed by atoms with E-state index in [1.165, 1.54) is 16.3 Å². The van der Waals surface area contributed by atoms with E-state index in [9.17, 15) is 9.59 Å². The standard InChI is InChI=1S/C15H20N4O3S/c1-3-9-19-14(21)17-18-15(19)23-10-13(20)16-11-7-5-6-8-12(11)22-4-2/h5-8H,3-4,9-10H2,1-2H3,(H,16,20)(H,17,21). The van der Waals surface area contributed by atoms with Gasteiger partial charge in [0.2, 0.25) is 5.91 Å². The van der Waals surface area contributed by atoms with Crippen LogP contribution >= 0.6 is 11.8 Å². The molecular weight excluding hydrogens is 316 g/mol. The summed E-state index contributed by atoms with van der Waals surface area (Å²) in [5.74, 6) is 0.616. The molecule has 2 N–H and O–H groups in total. The van der Waals surface area contributed by atoms with Crippen molar-refractivity contribution >= 4 is 23.4 Å². The highest BCUT2D eigenvalue weighted by Crippen LogP contribution is 2.24. The SMILES string of the molecule is CCCn1c(SCC(=O)Nc2ccccc2OCC)n[nH]c1=O. The molecule has 0 aliphatic heterocycles. The summed E-state index contributed by atoms with van der Waals surface area (Å²) in [7, 11) is 0. The zero-order chi connectivity index (χ0) is 16.7. The number of anilines is 1. The predicted octanol–water partition coefficient (Wildman–Crippen LogP) is 2.11. The molecule has 1 amide bonds. The Morgan fingerprint density at radius 3 is 2.91 bits per heavy atom. The number of para-hydroxylation sites is 2. The Bertz CT molecular complexity index is 711. The molecule has 2 aromatic rings. The van der Waals surface area contributed by atoms with E-state index >= 15 is 0 Å². The molecule has 0 saturated heterocycles. The Hall–Kier alpha value is -2.22. The summed E-state index contributed by atoms with van der Waals surface area (Å²) in [4.78, 5) is 23.7. The van der Waals surface area contributed by atoms with E-state index in [1.54, 1.807) is 12.1 Å². The van der Waals surface area contributed by atoms with Crippen LogP contribution < -0.4 is 15.7 Å². The first-order valence-corrected chi connectivity index (χ1v) is 8.44. The van der Waals surface area contributed by atoms with Crippen LogP contribution in [0.3, 0.4) is 0 Å². The van der Waals surface area contributed by atoms with E-state index in [0.717, 1.165) is 6.42 Å². The molecule has 124 valence electrons. The van der Waals surface area contributed by atoms with Crippen molar-refractivity contribution in [2.24, 2.45) is 0 Å². The molecule has 0 aliphatic carbocycles. The Morgan fingerprint density at radius 2 is 2.17 bits per heavy atom. The summed E-state index contributed by atoms with van der Waals surface area (Å²) in [5, 5.41) is 9.68. The molecule has 0 saturated carbocycles. The maximum atomic E-state index is 12.1. The van der Waals surface area contributed by atoms with Gasteiger partial charge in [-0.3, -0.25) is 9.36 Å². The lowest BCUT2D eigenvalue weighted by molar-refractivity contribution is -0.113. The van der Waals surface area contributed by atoms with Crippen LogP contribution in [0, 0.1) is 0 Å². The first-order valence-electron chi connectivity index (χ1n) is 7.45. The van der Waals surface area contributed by atoms with Crippen molar-refractivity contribution < 1.29 is 9.53 Å². The van der Waals surface area contributed by atoms with Crippen LogP contribution in [0.2, 0.25) is 0 Å². The molecule has 1 heterocycles. The summed E-state index contributed by atoms with van der Waals surface area (Å²) in [6, 6.07) is 7.27. The molecule has 23 heavy (non-hydrogen) atoms. The fraction of sp³-hybridized carbons (Fsp3) is 0.400. The van der Waals surface area contributed by atoms with Gasteiger partial charge >= 0.3 is 5.69 Å². The van der Waals surface area contributed by atoms with Gasteiger partial charge in [0, 0.05) is 6.54 Å². The van der Waals surface area contributed by atoms with Crippen LogP contribution in [0.25, 0.3) is 0 Å². The monoisotopic (exact) mass is 336 g/mol. The van der Waals surface area contributed by atoms with E-state index in [0.29, 0.717) is 29.7 Å². The second-order valence-electron chi connectivity index (χ2n) is 4.73. The van der Waals surface area contributed by atoms with Gasteiger partial charge in [-0.1, -0.05) is 30.8 Å². The number of nitrogens with zero attached hydrogens (tertiary/aromatic N) is 2. The Labute approximate surface area is 138 Å². The van der Waals surface area contributed by atoms with Gasteiger partial charge in [0.25, 0.3) is 0 Å². The third kappa shape index (κ3) is 4.62. The number of aromatic amines is 1. The third-order valence-electron chi connectivity index (χ3n) is 2.96. The molecule has 0 aliphatic rings. The highest BCUT2D eigenvalue weighted by Gasteiger charge is 2.12. The normalized spacial score (nSPS) is 10.5. The predicted molar refractivity (Wildman–Crippen MR) is 90.1 cm³/mol. The fourth-order valence-electron chi connectivity index (χ4n) is 2.00. The lowest BCUT2D eigenvalue weighted by atomic mass is 10.3. The molecular formula is C15H20N4O3S. The summed E-state index contributed by atoms with van der Waals surface area (Å²) < 4.78 is 7.00. The minimum Gasteiger partial charge on any atom is -0.492 e. The lowest BCUT2D eigenvalue weighted by Crippen LogP contribution is -2.18. The van der Waals surface area contributed by atoms with Gasteiger partial charge in [0.15, 0.2) is 5.16 Å². The van der Waals surface area contributed by atoms with Gasteiger partial charge in [0.05, 0.1) is 18.0 Å². The van der Waals surface area contributed by atoms with Crippen molar-refractivity contribution in [2.45, 2.75) is 32.0 Å². The topological polar surface area (TPSA) is 89.0 Å². The van der Waals surface area contributed by atoms with E-state index in [1.807, 2.05) is 26.0 Å². The highest BCUT2D eigenvalue weighted by molar-refractivity contribution is 7.99. The van der Waals surface area contributed by atoms with Crippen LogP contribution in [0.5, 0.6) is 5.75 Å². The van der Waals surface area contributed by atoms with E-state index in [2.05, 4.69) is 15.5 Å². The molecule has 2 rings (SSSR count). The first-order chi connectivity index (χ1) is 11.2. The second-order valence-corrected chi connectivity index (χ2v) is 5.67. The van der Waals surface area contributed by atoms with Gasteiger partial charge in [-0.05, 0) is 25.5 Å². The third-order valence-corrected chi connectivity index (χ3v) is 3.94. The van der Waals surface area contributed by atoms with Gasteiger partial charge in [-0.15, -0.1) is 5.10 Å². The van der Waals surface area contributed by atoms with Crippen molar-refractivity contribution in [1.82, 2.24) is 14.8 Å². The molecule has 0 bridgehead atoms. The zero-order valence-electron chi connectivity index (χ0n) is 13.2. The number of carbonyl (C=O) groups is 1. The minimum absolute atomic E-state index is 0.161. The minimum atomic E-state index is -0.253. The van der Waals surface area contributed by atoms with Crippen molar-refractivity contribution in [1.29, 1.82) is 0 Å². The molecule has 7 nitrogen and oxygen atoms in total. The largest absolute Gasteiger partial charge is 0.492 e. The number of nitrogens with one attached hydrogen (secondary N) is 2. The molecule has 0 radical (unpaired) electrons. The molecule has 1 aromatic heterocycles. The average Bonchev–Trinajstić information content (AvgIpc) is 2.89. The summed E-state index contributed by atoms with van der Waals surface area (Å²) in [6.45, 7) is 4.97. The number of benzene rings is 1. The van der Waals surface area contributed by atoms with Crippen molar-refractivity contribution in [3.05, 3.63) is 34.7 Å². The van der Waals surface area contributed by atoms with E-state index in [-0.39, 0.29) is 17.3 Å². The number of amides is 1. The van der Waals surface area contributed by atoms with E-state index < -0.39 is 0 Å². The summed E-state index contributed by atoms with van der Waals surface area (Å²) in [5.41, 5.74) is 0.379. The number of hydrogen-bond acceptors (Lipinski definition) is 5. The highest BCUT2D eigenvalue weighted by atomic mass is 32.2. The smallest absolute Gasteiger partial charge is 0.343 e. The van der Waals surface area contributed by atoms with Crippen LogP contribution in [-0.4, -0.2) is 33.0 Å². The number of thioether (sulfide) groups is 1. The fourth-order valence-corrected chi connectivity index (χ4v) is 2.77. The van der Waals surface area contributed by atoms with Crippen molar-refractivity contribution in [2.75, 3.05) is 17.7 Å². The maximum Gasteiger partial charge on any atom is 0.343 e. The molecule has 1 aromatic carbocycles. The van der Waals surface area contributed by atoms with Crippen LogP contribution in [0.15, 0.2) is 34.2 Å². The Kier molecular flexibility index (Phi) is 6.28. The summed E-state index contributed by atoms with van der Waals surface area (Å²) in [6.07, 6.45) is 0.820. The summed E-state index contributed by atoms with van der Waals surface area (Å²) >= 11 is 1.22. The van der Waals surface area contributed by atoms with Gasteiger partial charge in [-0.25, -0.2) is 9.89 Å². The van der Waals surface area contributed by atoms with Gasteiger partial charge in [0.1, 0.15) is 5.75 Å². The quantitative estimate of drug-likeness (QED) is 0.721. The number of hydrogen-bond donors (Lipinski definition) is 2. The molecule has 0 unspecified atom stereocenters. The maximum absolute atomic E-state index is 12.1. The number of carbonyl (C=O) groups excluding carboxylic acids is 1. The average molecular weight is 336 g/mol. The number of rotatable bonds is 8. The molecule has 0 spiro atoms. The zero-order valence-corrected chi connectivity index (χ0v) is 14.0. The molecule has 8 heteroatoms. The van der Waals surface area contributed by atoms with Crippen molar-refractivity contribution in [3.63, 3.8) is 0 Å². The second kappa shape index (κ2) is 8.42. The van der Waals surface area contributed by atoms with Crippen LogP contribution in [-0.2, 0) is 11.3 Å². The van der Waals surface area contributed by atoms with Crippen molar-refractivity contribution in [3.8, 4) is 5.75 Å². The lowest BCUT2D eigenvalue weighted by Gasteiger charge is -2.11. The Morgan fingerprint density at radius 1 is 1.39 bits per heavy atom.